The summed E-state index contributed by atoms with van der Waals surface area (Å²) in [6.07, 6.45) is 6.90. The van der Waals surface area contributed by atoms with Crippen LogP contribution in [0.4, 0.5) is 5.69 Å². The van der Waals surface area contributed by atoms with Crippen molar-refractivity contribution in [3.63, 3.8) is 0 Å². The quantitative estimate of drug-likeness (QED) is 0.603. The van der Waals surface area contributed by atoms with E-state index in [0.717, 1.165) is 16.8 Å². The third-order valence-electron chi connectivity index (χ3n) is 4.04. The van der Waals surface area contributed by atoms with Crippen LogP contribution in [0.3, 0.4) is 0 Å². The molecule has 0 radical (unpaired) electrons. The fourth-order valence-electron chi connectivity index (χ4n) is 2.70. The Morgan fingerprint density at radius 2 is 2.00 bits per heavy atom. The van der Waals surface area contributed by atoms with Gasteiger partial charge in [0.2, 0.25) is 5.91 Å². The predicted molar refractivity (Wildman–Crippen MR) is 110 cm³/mol. The van der Waals surface area contributed by atoms with E-state index in [9.17, 15) is 4.79 Å². The molecule has 28 heavy (non-hydrogen) atoms. The Hall–Kier alpha value is -3.54. The molecule has 0 fully saturated rings. The van der Waals surface area contributed by atoms with Gasteiger partial charge in [0.25, 0.3) is 0 Å². The summed E-state index contributed by atoms with van der Waals surface area (Å²) in [6, 6.07) is 15.1. The van der Waals surface area contributed by atoms with Crippen LogP contribution in [0.2, 0.25) is 0 Å². The topological polar surface area (TPSA) is 65.4 Å². The van der Waals surface area contributed by atoms with Crippen LogP contribution in [0.15, 0.2) is 67.0 Å². The summed E-state index contributed by atoms with van der Waals surface area (Å²) < 4.78 is 12.7. The maximum Gasteiger partial charge on any atom is 0.248 e. The van der Waals surface area contributed by atoms with E-state index < -0.39 is 0 Å². The zero-order valence-electron chi connectivity index (χ0n) is 16.0. The number of aromatic nitrogens is 2. The number of amides is 1. The zero-order valence-corrected chi connectivity index (χ0v) is 16.0. The van der Waals surface area contributed by atoms with Crippen molar-refractivity contribution in [1.82, 2.24) is 9.78 Å². The smallest absolute Gasteiger partial charge is 0.248 e. The summed E-state index contributed by atoms with van der Waals surface area (Å²) in [7, 11) is 1.60. The maximum atomic E-state index is 12.2. The molecule has 1 amide bonds. The molecule has 1 heterocycles. The number of anilines is 1. The first-order chi connectivity index (χ1) is 13.7. The third kappa shape index (κ3) is 5.23. The number of methoxy groups -OCH3 is 1. The molecule has 0 unspecified atom stereocenters. The summed E-state index contributed by atoms with van der Waals surface area (Å²) in [6.45, 7) is 3.15. The van der Waals surface area contributed by atoms with Crippen molar-refractivity contribution in [1.29, 1.82) is 0 Å². The molecule has 0 spiro atoms. The summed E-state index contributed by atoms with van der Waals surface area (Å²) in [5.41, 5.74) is 2.71. The molecule has 1 N–H and O–H groups in total. The van der Waals surface area contributed by atoms with Crippen LogP contribution in [-0.4, -0.2) is 29.4 Å². The Balaban J connectivity index is 1.59. The normalized spacial score (nSPS) is 10.8. The van der Waals surface area contributed by atoms with Crippen molar-refractivity contribution >= 4 is 17.7 Å². The second-order valence-electron chi connectivity index (χ2n) is 6.07. The predicted octanol–water partition coefficient (Wildman–Crippen LogP) is 3.99. The van der Waals surface area contributed by atoms with E-state index in [0.29, 0.717) is 24.7 Å². The number of nitrogens with one attached hydrogen (secondary N) is 1. The second-order valence-corrected chi connectivity index (χ2v) is 6.07. The molecule has 0 aliphatic heterocycles. The molecule has 0 aliphatic rings. The molecule has 0 bridgehead atoms. The van der Waals surface area contributed by atoms with Crippen molar-refractivity contribution in [3.05, 3.63) is 78.1 Å². The average Bonchev–Trinajstić information content (AvgIpc) is 3.21. The van der Waals surface area contributed by atoms with Crippen molar-refractivity contribution in [2.24, 2.45) is 0 Å². The molecule has 144 valence electrons. The van der Waals surface area contributed by atoms with Crippen molar-refractivity contribution < 1.29 is 14.3 Å². The van der Waals surface area contributed by atoms with Gasteiger partial charge in [-0.3, -0.25) is 9.48 Å². The van der Waals surface area contributed by atoms with E-state index in [1.165, 1.54) is 6.08 Å². The summed E-state index contributed by atoms with van der Waals surface area (Å²) >= 11 is 0. The highest BCUT2D eigenvalue weighted by Gasteiger charge is 2.04. The van der Waals surface area contributed by atoms with Crippen molar-refractivity contribution in [2.45, 2.75) is 13.5 Å². The Morgan fingerprint density at radius 1 is 1.18 bits per heavy atom. The lowest BCUT2D eigenvalue weighted by Crippen LogP contribution is -2.08. The minimum Gasteiger partial charge on any atom is -0.493 e. The van der Waals surface area contributed by atoms with Crippen LogP contribution in [-0.2, 0) is 11.3 Å². The molecule has 3 rings (SSSR count). The highest BCUT2D eigenvalue weighted by molar-refractivity contribution is 6.01. The van der Waals surface area contributed by atoms with Gasteiger partial charge in [0, 0.05) is 24.2 Å². The van der Waals surface area contributed by atoms with Gasteiger partial charge in [-0.2, -0.15) is 5.10 Å². The Morgan fingerprint density at radius 3 is 2.68 bits per heavy atom. The molecule has 2 aromatic carbocycles. The van der Waals surface area contributed by atoms with Gasteiger partial charge in [-0.15, -0.1) is 0 Å². The molecule has 0 aliphatic carbocycles. The number of hydrogen-bond donors (Lipinski definition) is 1. The van der Waals surface area contributed by atoms with E-state index in [1.54, 1.807) is 19.4 Å². The van der Waals surface area contributed by atoms with E-state index in [2.05, 4.69) is 10.4 Å². The average molecular weight is 377 g/mol. The largest absolute Gasteiger partial charge is 0.493 e. The monoisotopic (exact) mass is 377 g/mol. The molecule has 0 saturated carbocycles. The van der Waals surface area contributed by atoms with Gasteiger partial charge in [-0.25, -0.2) is 0 Å². The van der Waals surface area contributed by atoms with Crippen molar-refractivity contribution in [3.8, 4) is 11.5 Å². The molecular weight excluding hydrogens is 354 g/mol. The Kier molecular flexibility index (Phi) is 6.46. The third-order valence-corrected chi connectivity index (χ3v) is 4.04. The lowest BCUT2D eigenvalue weighted by Gasteiger charge is -2.09. The molecular formula is C22H23N3O3. The van der Waals surface area contributed by atoms with Crippen molar-refractivity contribution in [2.75, 3.05) is 19.0 Å². The molecule has 6 heteroatoms. The first-order valence-electron chi connectivity index (χ1n) is 9.04. The summed E-state index contributed by atoms with van der Waals surface area (Å²) in [5, 5.41) is 7.04. The highest BCUT2D eigenvalue weighted by atomic mass is 16.5. The first-order valence-corrected chi connectivity index (χ1v) is 9.04. The van der Waals surface area contributed by atoms with Crippen LogP contribution >= 0.6 is 0 Å². The molecule has 6 nitrogen and oxygen atoms in total. The summed E-state index contributed by atoms with van der Waals surface area (Å²) in [4.78, 5) is 12.2. The second kappa shape index (κ2) is 9.41. The standard InChI is InChI=1S/C22H23N3O3/c1-3-28-21-15-17(7-11-20(21)27-2)8-12-22(26)24-19-9-5-18(6-10-19)16-25-14-4-13-23-25/h4-15H,3,16H2,1-2H3,(H,24,26)/b12-8+. The summed E-state index contributed by atoms with van der Waals surface area (Å²) in [5.74, 6) is 1.12. The first kappa shape index (κ1) is 19.2. The zero-order chi connectivity index (χ0) is 19.8. The van der Waals surface area contributed by atoms with Crippen LogP contribution in [0.5, 0.6) is 11.5 Å². The number of rotatable bonds is 8. The minimum atomic E-state index is -0.200. The number of carbonyl (C=O) groups excluding carboxylic acids is 1. The van der Waals surface area contributed by atoms with Gasteiger partial charge in [0.1, 0.15) is 0 Å². The van der Waals surface area contributed by atoms with Crippen LogP contribution in [0, 0.1) is 0 Å². The van der Waals surface area contributed by atoms with Crippen LogP contribution in [0.25, 0.3) is 6.08 Å². The van der Waals surface area contributed by atoms with E-state index in [-0.39, 0.29) is 5.91 Å². The number of carbonyl (C=O) groups is 1. The lowest BCUT2D eigenvalue weighted by molar-refractivity contribution is -0.111. The van der Waals surface area contributed by atoms with Crippen LogP contribution < -0.4 is 14.8 Å². The van der Waals surface area contributed by atoms with E-state index >= 15 is 0 Å². The van der Waals surface area contributed by atoms with Gasteiger partial charge in [0.15, 0.2) is 11.5 Å². The molecule has 0 saturated heterocycles. The molecule has 1 aromatic heterocycles. The van der Waals surface area contributed by atoms with Crippen LogP contribution in [0.1, 0.15) is 18.1 Å². The van der Waals surface area contributed by atoms with E-state index in [4.69, 9.17) is 9.47 Å². The minimum absolute atomic E-state index is 0.200. The number of hydrogen-bond acceptors (Lipinski definition) is 4. The van der Waals surface area contributed by atoms with E-state index in [1.807, 2.05) is 66.3 Å². The van der Waals surface area contributed by atoms with Gasteiger partial charge < -0.3 is 14.8 Å². The Bertz CT molecular complexity index is 932. The fraction of sp³-hybridized carbons (Fsp3) is 0.182. The highest BCUT2D eigenvalue weighted by Crippen LogP contribution is 2.28. The number of ether oxygens (including phenoxy) is 2. The van der Waals surface area contributed by atoms with Gasteiger partial charge in [-0.1, -0.05) is 18.2 Å². The lowest BCUT2D eigenvalue weighted by atomic mass is 10.2. The van der Waals surface area contributed by atoms with Gasteiger partial charge in [-0.05, 0) is 54.5 Å². The van der Waals surface area contributed by atoms with Gasteiger partial charge in [0.05, 0.1) is 20.3 Å². The number of nitrogens with zero attached hydrogens (tertiary/aromatic N) is 2. The maximum absolute atomic E-state index is 12.2. The number of benzene rings is 2. The molecule has 3 aromatic rings. The SMILES string of the molecule is CCOc1cc(/C=C/C(=O)Nc2ccc(Cn3cccn3)cc2)ccc1OC. The Labute approximate surface area is 164 Å². The fourth-order valence-corrected chi connectivity index (χ4v) is 2.70. The van der Waals surface area contributed by atoms with Gasteiger partial charge >= 0.3 is 0 Å². The molecule has 0 atom stereocenters.